The molecule has 0 radical (unpaired) electrons. The largest absolute Gasteiger partial charge is 0.497 e. The van der Waals surface area contributed by atoms with Gasteiger partial charge in [0.1, 0.15) is 23.8 Å². The lowest BCUT2D eigenvalue weighted by molar-refractivity contribution is -0.120. The second-order valence-corrected chi connectivity index (χ2v) is 5.62. The van der Waals surface area contributed by atoms with E-state index in [1.165, 1.54) is 18.9 Å². The summed E-state index contributed by atoms with van der Waals surface area (Å²) in [4.78, 5) is 26.1. The van der Waals surface area contributed by atoms with Crippen molar-refractivity contribution in [3.8, 4) is 17.2 Å². The van der Waals surface area contributed by atoms with Crippen molar-refractivity contribution in [3.63, 3.8) is 0 Å². The monoisotopic (exact) mass is 372 g/mol. The highest BCUT2D eigenvalue weighted by molar-refractivity contribution is 6.03. The first-order valence-corrected chi connectivity index (χ1v) is 8.52. The third kappa shape index (κ3) is 5.13. The lowest BCUT2D eigenvalue weighted by atomic mass is 10.2. The molecule has 2 aromatic rings. The van der Waals surface area contributed by atoms with E-state index in [2.05, 4.69) is 5.32 Å². The van der Waals surface area contributed by atoms with Crippen molar-refractivity contribution >= 4 is 23.2 Å². The van der Waals surface area contributed by atoms with Gasteiger partial charge >= 0.3 is 0 Å². The fourth-order valence-corrected chi connectivity index (χ4v) is 2.56. The highest BCUT2D eigenvalue weighted by Crippen LogP contribution is 2.30. The Balaban J connectivity index is 2.20. The predicted octanol–water partition coefficient (Wildman–Crippen LogP) is 3.09. The van der Waals surface area contributed by atoms with Gasteiger partial charge in [-0.25, -0.2) is 0 Å². The molecule has 2 amide bonds. The summed E-state index contributed by atoms with van der Waals surface area (Å²) in [5, 5.41) is 2.77. The number of hydrogen-bond acceptors (Lipinski definition) is 5. The topological polar surface area (TPSA) is 77.1 Å². The lowest BCUT2D eigenvalue weighted by Gasteiger charge is -2.23. The molecule has 0 heterocycles. The first kappa shape index (κ1) is 20.1. The van der Waals surface area contributed by atoms with Gasteiger partial charge in [-0.2, -0.15) is 0 Å². The van der Waals surface area contributed by atoms with Crippen LogP contribution in [0.4, 0.5) is 11.4 Å². The summed E-state index contributed by atoms with van der Waals surface area (Å²) in [5.74, 6) is 0.997. The number of rotatable bonds is 8. The molecule has 0 aliphatic carbocycles. The zero-order valence-corrected chi connectivity index (χ0v) is 15.9. The zero-order chi connectivity index (χ0) is 19.8. The van der Waals surface area contributed by atoms with Crippen LogP contribution in [0.3, 0.4) is 0 Å². The number of carbonyl (C=O) groups excluding carboxylic acids is 2. The number of carbonyl (C=O) groups is 2. The van der Waals surface area contributed by atoms with Crippen molar-refractivity contribution in [3.05, 3.63) is 42.5 Å². The Kier molecular flexibility index (Phi) is 7.05. The maximum absolute atomic E-state index is 12.6. The molecule has 7 nitrogen and oxygen atoms in total. The van der Waals surface area contributed by atoms with Gasteiger partial charge in [0.25, 0.3) is 0 Å². The predicted molar refractivity (Wildman–Crippen MR) is 104 cm³/mol. The van der Waals surface area contributed by atoms with Gasteiger partial charge < -0.3 is 19.5 Å². The van der Waals surface area contributed by atoms with Gasteiger partial charge in [0.2, 0.25) is 11.8 Å². The Bertz CT molecular complexity index is 807. The minimum atomic E-state index is -0.361. The first-order valence-electron chi connectivity index (χ1n) is 8.52. The van der Waals surface area contributed by atoms with Crippen LogP contribution in [0.5, 0.6) is 17.2 Å². The average Bonchev–Trinajstić information content (AvgIpc) is 2.67. The molecule has 2 aromatic carbocycles. The van der Waals surface area contributed by atoms with Crippen LogP contribution in [0.15, 0.2) is 42.5 Å². The quantitative estimate of drug-likeness (QED) is 0.770. The van der Waals surface area contributed by atoms with E-state index in [4.69, 9.17) is 14.2 Å². The summed E-state index contributed by atoms with van der Waals surface area (Å²) in [7, 11) is 3.05. The molecule has 0 saturated carbocycles. The number of hydrogen-bond donors (Lipinski definition) is 1. The van der Waals surface area contributed by atoms with E-state index in [1.807, 2.05) is 13.0 Å². The Morgan fingerprint density at radius 3 is 2.41 bits per heavy atom. The van der Waals surface area contributed by atoms with Crippen LogP contribution in [0.2, 0.25) is 0 Å². The number of methoxy groups -OCH3 is 2. The van der Waals surface area contributed by atoms with Gasteiger partial charge in [0.15, 0.2) is 0 Å². The molecule has 27 heavy (non-hydrogen) atoms. The number of anilines is 2. The van der Waals surface area contributed by atoms with Gasteiger partial charge in [0.05, 0.1) is 32.2 Å². The molecule has 0 aromatic heterocycles. The van der Waals surface area contributed by atoms with Crippen LogP contribution in [0, 0.1) is 0 Å². The standard InChI is InChI=1S/C20H24N2O5/c1-5-27-18-9-7-6-8-17(18)22(14(2)23)13-20(24)21-16-11-10-15(25-3)12-19(16)26-4/h6-12H,5,13H2,1-4H3,(H,21,24). The maximum Gasteiger partial charge on any atom is 0.244 e. The number of para-hydroxylation sites is 2. The Hall–Kier alpha value is -3.22. The van der Waals surface area contributed by atoms with Crippen molar-refractivity contribution in [2.24, 2.45) is 0 Å². The van der Waals surface area contributed by atoms with E-state index < -0.39 is 0 Å². The van der Waals surface area contributed by atoms with Crippen LogP contribution < -0.4 is 24.4 Å². The SMILES string of the molecule is CCOc1ccccc1N(CC(=O)Nc1ccc(OC)cc1OC)C(C)=O. The van der Waals surface area contributed by atoms with Crippen LogP contribution in [0.25, 0.3) is 0 Å². The fourth-order valence-electron chi connectivity index (χ4n) is 2.56. The molecule has 7 heteroatoms. The molecule has 0 unspecified atom stereocenters. The Morgan fingerprint density at radius 1 is 1.04 bits per heavy atom. The van der Waals surface area contributed by atoms with Crippen molar-refractivity contribution in [1.82, 2.24) is 0 Å². The minimum absolute atomic E-state index is 0.158. The number of nitrogens with one attached hydrogen (secondary N) is 1. The van der Waals surface area contributed by atoms with E-state index in [1.54, 1.807) is 43.5 Å². The molecular formula is C20H24N2O5. The van der Waals surface area contributed by atoms with Gasteiger partial charge in [-0.15, -0.1) is 0 Å². The molecule has 0 spiro atoms. The second kappa shape index (κ2) is 9.47. The Labute approximate surface area is 158 Å². The summed E-state index contributed by atoms with van der Waals surface area (Å²) in [6.07, 6.45) is 0. The third-order valence-corrected chi connectivity index (χ3v) is 3.82. The lowest BCUT2D eigenvalue weighted by Crippen LogP contribution is -2.37. The molecule has 0 fully saturated rings. The third-order valence-electron chi connectivity index (χ3n) is 3.82. The molecule has 0 bridgehead atoms. The molecular weight excluding hydrogens is 348 g/mol. The molecule has 1 N–H and O–H groups in total. The van der Waals surface area contributed by atoms with Crippen molar-refractivity contribution in [2.45, 2.75) is 13.8 Å². The normalized spacial score (nSPS) is 10.1. The molecule has 0 aliphatic rings. The van der Waals surface area contributed by atoms with Gasteiger partial charge in [-0.05, 0) is 31.2 Å². The Morgan fingerprint density at radius 2 is 1.78 bits per heavy atom. The van der Waals surface area contributed by atoms with Gasteiger partial charge in [-0.3, -0.25) is 14.5 Å². The van der Waals surface area contributed by atoms with E-state index in [-0.39, 0.29) is 18.4 Å². The molecule has 0 saturated heterocycles. The van der Waals surface area contributed by atoms with Crippen LogP contribution in [0.1, 0.15) is 13.8 Å². The van der Waals surface area contributed by atoms with Gasteiger partial charge in [0, 0.05) is 13.0 Å². The summed E-state index contributed by atoms with van der Waals surface area (Å²) < 4.78 is 16.0. The van der Waals surface area contributed by atoms with Gasteiger partial charge in [-0.1, -0.05) is 12.1 Å². The summed E-state index contributed by atoms with van der Waals surface area (Å²) in [6, 6.07) is 12.2. The molecule has 2 rings (SSSR count). The number of benzene rings is 2. The van der Waals surface area contributed by atoms with Crippen LogP contribution in [-0.2, 0) is 9.59 Å². The highest BCUT2D eigenvalue weighted by Gasteiger charge is 2.20. The van der Waals surface area contributed by atoms with E-state index in [0.29, 0.717) is 35.2 Å². The molecule has 0 aliphatic heterocycles. The smallest absolute Gasteiger partial charge is 0.244 e. The maximum atomic E-state index is 12.6. The summed E-state index contributed by atoms with van der Waals surface area (Å²) >= 11 is 0. The summed E-state index contributed by atoms with van der Waals surface area (Å²) in [6.45, 7) is 3.56. The first-order chi connectivity index (χ1) is 13.0. The average molecular weight is 372 g/mol. The zero-order valence-electron chi connectivity index (χ0n) is 15.9. The van der Waals surface area contributed by atoms with E-state index in [9.17, 15) is 9.59 Å². The number of nitrogens with zero attached hydrogens (tertiary/aromatic N) is 1. The van der Waals surface area contributed by atoms with E-state index in [0.717, 1.165) is 0 Å². The van der Waals surface area contributed by atoms with Crippen LogP contribution >= 0.6 is 0 Å². The van der Waals surface area contributed by atoms with Crippen molar-refractivity contribution in [2.75, 3.05) is 37.6 Å². The molecule has 144 valence electrons. The van der Waals surface area contributed by atoms with Crippen molar-refractivity contribution < 1.29 is 23.8 Å². The number of amides is 2. The summed E-state index contributed by atoms with van der Waals surface area (Å²) in [5.41, 5.74) is 1.04. The minimum Gasteiger partial charge on any atom is -0.497 e. The fraction of sp³-hybridized carbons (Fsp3) is 0.300. The molecule has 0 atom stereocenters. The number of ether oxygens (including phenoxy) is 3. The van der Waals surface area contributed by atoms with Crippen LogP contribution in [-0.4, -0.2) is 39.2 Å². The van der Waals surface area contributed by atoms with E-state index >= 15 is 0 Å². The highest BCUT2D eigenvalue weighted by atomic mass is 16.5. The second-order valence-electron chi connectivity index (χ2n) is 5.62. The van der Waals surface area contributed by atoms with Crippen molar-refractivity contribution in [1.29, 1.82) is 0 Å².